The fraction of sp³-hybridized carbons (Fsp3) is 0.333. The number of halogens is 1. The molecule has 1 aromatic carbocycles. The van der Waals surface area contributed by atoms with Crippen LogP contribution in [0.15, 0.2) is 49.7 Å². The molecule has 0 aliphatic heterocycles. The standard InChI is InChI=1S/C15H17BrN2O3S2/c1-2-3-12-10-14(19)18-15(17-12)22-8-9-23(20,21)13-6-4-11(16)5-7-13/h4-7,10H,2-3,8-9H2,1H3,(H,17,18,19). The molecule has 2 rings (SSSR count). The quantitative estimate of drug-likeness (QED) is 0.553. The van der Waals surface area contributed by atoms with Crippen molar-refractivity contribution in [3.8, 4) is 0 Å². The first-order chi connectivity index (χ1) is 10.9. The van der Waals surface area contributed by atoms with Crippen LogP contribution in [0.2, 0.25) is 0 Å². The number of hydrogen-bond donors (Lipinski definition) is 1. The van der Waals surface area contributed by atoms with Crippen LogP contribution < -0.4 is 5.56 Å². The van der Waals surface area contributed by atoms with E-state index >= 15 is 0 Å². The molecule has 1 heterocycles. The number of nitrogens with zero attached hydrogens (tertiary/aromatic N) is 1. The summed E-state index contributed by atoms with van der Waals surface area (Å²) in [6.45, 7) is 2.01. The molecule has 0 bridgehead atoms. The summed E-state index contributed by atoms with van der Waals surface area (Å²) in [6, 6.07) is 8.03. The van der Waals surface area contributed by atoms with E-state index in [1.54, 1.807) is 24.3 Å². The lowest BCUT2D eigenvalue weighted by atomic mass is 10.2. The molecule has 0 unspecified atom stereocenters. The van der Waals surface area contributed by atoms with Crippen molar-refractivity contribution in [1.82, 2.24) is 9.97 Å². The minimum absolute atomic E-state index is 0.0129. The van der Waals surface area contributed by atoms with Gasteiger partial charge in [0.1, 0.15) is 0 Å². The fourth-order valence-corrected chi connectivity index (χ4v) is 4.75. The smallest absolute Gasteiger partial charge is 0.251 e. The number of rotatable bonds is 7. The molecule has 0 aliphatic carbocycles. The van der Waals surface area contributed by atoms with Gasteiger partial charge >= 0.3 is 0 Å². The highest BCUT2D eigenvalue weighted by molar-refractivity contribution is 9.10. The van der Waals surface area contributed by atoms with E-state index in [-0.39, 0.29) is 11.3 Å². The van der Waals surface area contributed by atoms with Crippen LogP contribution in [0, 0.1) is 0 Å². The summed E-state index contributed by atoms with van der Waals surface area (Å²) in [5.41, 5.74) is 0.524. The normalized spacial score (nSPS) is 11.6. The molecule has 8 heteroatoms. The Labute approximate surface area is 148 Å². The molecule has 1 aromatic heterocycles. The molecule has 0 saturated carbocycles. The molecule has 0 amide bonds. The average Bonchev–Trinajstić information content (AvgIpc) is 2.47. The summed E-state index contributed by atoms with van der Waals surface area (Å²) < 4.78 is 25.3. The van der Waals surface area contributed by atoms with Crippen molar-refractivity contribution in [2.75, 3.05) is 11.5 Å². The molecule has 2 aromatic rings. The zero-order valence-corrected chi connectivity index (χ0v) is 15.8. The molecule has 1 N–H and O–H groups in total. The number of sulfone groups is 1. The number of hydrogen-bond acceptors (Lipinski definition) is 5. The second-order valence-electron chi connectivity index (χ2n) is 4.91. The second kappa shape index (κ2) is 8.12. The van der Waals surface area contributed by atoms with Crippen molar-refractivity contribution in [3.05, 3.63) is 50.9 Å². The van der Waals surface area contributed by atoms with Gasteiger partial charge in [0.2, 0.25) is 0 Å². The van der Waals surface area contributed by atoms with Gasteiger partial charge in [-0.3, -0.25) is 4.79 Å². The fourth-order valence-electron chi connectivity index (χ4n) is 1.94. The third-order valence-corrected chi connectivity index (χ3v) is 6.44. The molecule has 0 spiro atoms. The van der Waals surface area contributed by atoms with Gasteiger partial charge in [-0.05, 0) is 30.7 Å². The zero-order valence-electron chi connectivity index (χ0n) is 12.6. The van der Waals surface area contributed by atoms with Crippen LogP contribution in [-0.4, -0.2) is 29.9 Å². The summed E-state index contributed by atoms with van der Waals surface area (Å²) in [4.78, 5) is 18.8. The number of H-pyrrole nitrogens is 1. The minimum Gasteiger partial charge on any atom is -0.301 e. The first-order valence-electron chi connectivity index (χ1n) is 7.12. The van der Waals surface area contributed by atoms with Crippen LogP contribution in [-0.2, 0) is 16.3 Å². The Morgan fingerprint density at radius 2 is 1.96 bits per heavy atom. The van der Waals surface area contributed by atoms with E-state index < -0.39 is 9.84 Å². The Hall–Kier alpha value is -1.12. The number of thioether (sulfide) groups is 1. The molecule has 124 valence electrons. The highest BCUT2D eigenvalue weighted by Crippen LogP contribution is 2.18. The van der Waals surface area contributed by atoms with Crippen molar-refractivity contribution in [2.45, 2.75) is 29.8 Å². The number of nitrogens with one attached hydrogen (secondary N) is 1. The van der Waals surface area contributed by atoms with Crippen LogP contribution in [0.1, 0.15) is 19.0 Å². The van der Waals surface area contributed by atoms with Crippen LogP contribution in [0.5, 0.6) is 0 Å². The number of benzene rings is 1. The van der Waals surface area contributed by atoms with Gasteiger partial charge in [-0.15, -0.1) is 0 Å². The highest BCUT2D eigenvalue weighted by atomic mass is 79.9. The molecular formula is C15H17BrN2O3S2. The van der Waals surface area contributed by atoms with Crippen LogP contribution in [0.25, 0.3) is 0 Å². The summed E-state index contributed by atoms with van der Waals surface area (Å²) in [7, 11) is -3.34. The van der Waals surface area contributed by atoms with E-state index in [4.69, 9.17) is 0 Å². The molecule has 5 nitrogen and oxygen atoms in total. The first kappa shape index (κ1) is 18.2. The Bertz CT molecular complexity index is 817. The zero-order chi connectivity index (χ0) is 16.9. The van der Waals surface area contributed by atoms with Crippen molar-refractivity contribution in [1.29, 1.82) is 0 Å². The summed E-state index contributed by atoms with van der Waals surface area (Å²) in [5, 5.41) is 0.465. The van der Waals surface area contributed by atoms with E-state index in [1.807, 2.05) is 6.92 Å². The number of aromatic amines is 1. The Morgan fingerprint density at radius 3 is 2.61 bits per heavy atom. The van der Waals surface area contributed by atoms with Crippen LogP contribution in [0.4, 0.5) is 0 Å². The number of aromatic nitrogens is 2. The van der Waals surface area contributed by atoms with Gasteiger partial charge in [0.15, 0.2) is 15.0 Å². The lowest BCUT2D eigenvalue weighted by Crippen LogP contribution is -2.12. The first-order valence-corrected chi connectivity index (χ1v) is 10.5. The van der Waals surface area contributed by atoms with Gasteiger partial charge in [-0.2, -0.15) is 0 Å². The van der Waals surface area contributed by atoms with E-state index in [0.717, 1.165) is 23.0 Å². The van der Waals surface area contributed by atoms with Crippen molar-refractivity contribution < 1.29 is 8.42 Å². The largest absolute Gasteiger partial charge is 0.301 e. The predicted octanol–water partition coefficient (Wildman–Crippen LogP) is 3.05. The Morgan fingerprint density at radius 1 is 1.26 bits per heavy atom. The van der Waals surface area contributed by atoms with E-state index in [0.29, 0.717) is 15.8 Å². The maximum absolute atomic E-state index is 12.2. The molecular weight excluding hydrogens is 400 g/mol. The summed E-state index contributed by atoms with van der Waals surface area (Å²) in [6.07, 6.45) is 1.63. The van der Waals surface area contributed by atoms with Gasteiger partial charge in [-0.1, -0.05) is 41.0 Å². The van der Waals surface area contributed by atoms with Gasteiger partial charge in [0.05, 0.1) is 10.6 Å². The SMILES string of the molecule is CCCc1cc(=O)[nH]c(SCCS(=O)(=O)c2ccc(Br)cc2)n1. The maximum Gasteiger partial charge on any atom is 0.251 e. The topological polar surface area (TPSA) is 79.9 Å². The maximum atomic E-state index is 12.2. The molecule has 0 aliphatic rings. The van der Waals surface area contributed by atoms with Crippen molar-refractivity contribution in [2.24, 2.45) is 0 Å². The molecule has 0 saturated heterocycles. The van der Waals surface area contributed by atoms with E-state index in [1.165, 1.54) is 17.8 Å². The van der Waals surface area contributed by atoms with Crippen molar-refractivity contribution in [3.63, 3.8) is 0 Å². The van der Waals surface area contributed by atoms with Crippen LogP contribution in [0.3, 0.4) is 0 Å². The second-order valence-corrected chi connectivity index (χ2v) is 9.02. The lowest BCUT2D eigenvalue weighted by Gasteiger charge is -2.05. The summed E-state index contributed by atoms with van der Waals surface area (Å²) >= 11 is 4.52. The molecule has 0 radical (unpaired) electrons. The third-order valence-electron chi connectivity index (χ3n) is 3.04. The Balaban J connectivity index is 2.01. The van der Waals surface area contributed by atoms with Gasteiger partial charge in [-0.25, -0.2) is 13.4 Å². The predicted molar refractivity (Wildman–Crippen MR) is 95.8 cm³/mol. The Kier molecular flexibility index (Phi) is 6.43. The third kappa shape index (κ3) is 5.47. The average molecular weight is 417 g/mol. The van der Waals surface area contributed by atoms with Gasteiger partial charge < -0.3 is 4.98 Å². The molecule has 0 fully saturated rings. The highest BCUT2D eigenvalue weighted by Gasteiger charge is 2.14. The molecule has 0 atom stereocenters. The number of aryl methyl sites for hydroxylation is 1. The van der Waals surface area contributed by atoms with Crippen LogP contribution >= 0.6 is 27.7 Å². The van der Waals surface area contributed by atoms with E-state index in [9.17, 15) is 13.2 Å². The minimum atomic E-state index is -3.34. The van der Waals surface area contributed by atoms with Gasteiger partial charge in [0.25, 0.3) is 5.56 Å². The van der Waals surface area contributed by atoms with E-state index in [2.05, 4.69) is 25.9 Å². The monoisotopic (exact) mass is 416 g/mol. The lowest BCUT2D eigenvalue weighted by molar-refractivity contribution is 0.597. The van der Waals surface area contributed by atoms with Gasteiger partial charge in [0, 0.05) is 22.0 Å². The van der Waals surface area contributed by atoms with Crippen molar-refractivity contribution >= 4 is 37.5 Å². The summed E-state index contributed by atoms with van der Waals surface area (Å²) in [5.74, 6) is 0.317. The molecule has 23 heavy (non-hydrogen) atoms.